The summed E-state index contributed by atoms with van der Waals surface area (Å²) in [5.41, 5.74) is 1.69. The third-order valence-electron chi connectivity index (χ3n) is 5.18. The first-order chi connectivity index (χ1) is 15.0. The maximum Gasteiger partial charge on any atom is 0.227 e. The fourth-order valence-electron chi connectivity index (χ4n) is 3.52. The van der Waals surface area contributed by atoms with Crippen LogP contribution < -0.4 is 18.9 Å². The molecule has 0 saturated carbocycles. The fourth-order valence-corrected chi connectivity index (χ4v) is 3.64. The summed E-state index contributed by atoms with van der Waals surface area (Å²) < 4.78 is 27.9. The summed E-state index contributed by atoms with van der Waals surface area (Å²) in [5.74, 6) is 2.24. The zero-order valence-electron chi connectivity index (χ0n) is 18.3. The van der Waals surface area contributed by atoms with Crippen molar-refractivity contribution in [1.82, 2.24) is 4.90 Å². The minimum absolute atomic E-state index is 0.0128. The second-order valence-corrected chi connectivity index (χ2v) is 7.63. The lowest BCUT2D eigenvalue weighted by Crippen LogP contribution is -2.48. The molecule has 8 heteroatoms. The summed E-state index contributed by atoms with van der Waals surface area (Å²) in [7, 11) is 4.65. The van der Waals surface area contributed by atoms with E-state index in [1.807, 2.05) is 25.1 Å². The predicted molar refractivity (Wildman–Crippen MR) is 118 cm³/mol. The van der Waals surface area contributed by atoms with E-state index in [0.29, 0.717) is 48.6 Å². The van der Waals surface area contributed by atoms with Crippen LogP contribution in [0, 0.1) is 6.92 Å². The van der Waals surface area contributed by atoms with Crippen molar-refractivity contribution < 1.29 is 28.5 Å². The molecule has 1 amide bonds. The van der Waals surface area contributed by atoms with Crippen molar-refractivity contribution in [3.63, 3.8) is 0 Å². The first-order valence-corrected chi connectivity index (χ1v) is 10.4. The van der Waals surface area contributed by atoms with Gasteiger partial charge in [0.1, 0.15) is 18.5 Å². The van der Waals surface area contributed by atoms with Gasteiger partial charge in [0, 0.05) is 17.1 Å². The van der Waals surface area contributed by atoms with E-state index in [0.717, 1.165) is 16.9 Å². The average molecular weight is 450 g/mol. The number of rotatable bonds is 8. The lowest BCUT2D eigenvalue weighted by atomic mass is 10.1. The molecule has 1 unspecified atom stereocenters. The van der Waals surface area contributed by atoms with Gasteiger partial charge in [-0.1, -0.05) is 17.7 Å². The molecular formula is C23H28ClNO6. The van der Waals surface area contributed by atoms with E-state index in [1.54, 1.807) is 38.4 Å². The van der Waals surface area contributed by atoms with Crippen molar-refractivity contribution in [2.24, 2.45) is 0 Å². The van der Waals surface area contributed by atoms with Crippen molar-refractivity contribution in [2.45, 2.75) is 19.4 Å². The number of methoxy groups -OCH3 is 3. The molecule has 168 valence electrons. The highest BCUT2D eigenvalue weighted by Gasteiger charge is 2.26. The van der Waals surface area contributed by atoms with Gasteiger partial charge in [0.05, 0.1) is 40.9 Å². The maximum absolute atomic E-state index is 13.0. The highest BCUT2D eigenvalue weighted by atomic mass is 35.5. The Morgan fingerprint density at radius 1 is 1.13 bits per heavy atom. The van der Waals surface area contributed by atoms with Gasteiger partial charge in [-0.15, -0.1) is 0 Å². The number of nitrogens with zero attached hydrogens (tertiary/aromatic N) is 1. The molecule has 1 aliphatic heterocycles. The first kappa shape index (κ1) is 23.0. The normalized spacial score (nSPS) is 16.0. The molecule has 0 radical (unpaired) electrons. The van der Waals surface area contributed by atoms with Crippen molar-refractivity contribution >= 4 is 17.5 Å². The zero-order chi connectivity index (χ0) is 22.4. The SMILES string of the molecule is COc1ccc(CC(=O)N2CCOC(COc3ccc(Cl)c(C)c3)C2)c(OC)c1OC. The molecule has 2 aromatic rings. The van der Waals surface area contributed by atoms with Gasteiger partial charge < -0.3 is 28.6 Å². The highest BCUT2D eigenvalue weighted by molar-refractivity contribution is 6.31. The van der Waals surface area contributed by atoms with Crippen LogP contribution in [0.25, 0.3) is 0 Å². The molecule has 3 rings (SSSR count). The Hall–Kier alpha value is -2.64. The van der Waals surface area contributed by atoms with Gasteiger partial charge >= 0.3 is 0 Å². The van der Waals surface area contributed by atoms with Crippen molar-refractivity contribution in [3.05, 3.63) is 46.5 Å². The number of hydrogen-bond donors (Lipinski definition) is 0. The molecule has 1 fully saturated rings. The Balaban J connectivity index is 1.62. The maximum atomic E-state index is 13.0. The Bertz CT molecular complexity index is 919. The van der Waals surface area contributed by atoms with E-state index in [1.165, 1.54) is 0 Å². The smallest absolute Gasteiger partial charge is 0.227 e. The van der Waals surface area contributed by atoms with Crippen molar-refractivity contribution in [1.29, 1.82) is 0 Å². The van der Waals surface area contributed by atoms with Crippen LogP contribution in [0.15, 0.2) is 30.3 Å². The second-order valence-electron chi connectivity index (χ2n) is 7.22. The second kappa shape index (κ2) is 10.6. The summed E-state index contributed by atoms with van der Waals surface area (Å²) >= 11 is 6.06. The number of ether oxygens (including phenoxy) is 5. The Morgan fingerprint density at radius 2 is 1.90 bits per heavy atom. The van der Waals surface area contributed by atoms with E-state index in [2.05, 4.69) is 0 Å². The number of hydrogen-bond acceptors (Lipinski definition) is 6. The van der Waals surface area contributed by atoms with E-state index in [9.17, 15) is 4.79 Å². The van der Waals surface area contributed by atoms with Crippen molar-refractivity contribution in [3.8, 4) is 23.0 Å². The first-order valence-electron chi connectivity index (χ1n) is 10.0. The van der Waals surface area contributed by atoms with Crippen LogP contribution in [0.5, 0.6) is 23.0 Å². The number of amides is 1. The summed E-state index contributed by atoms with van der Waals surface area (Å²) in [5, 5.41) is 0.698. The Labute approximate surface area is 187 Å². The van der Waals surface area contributed by atoms with Gasteiger partial charge in [-0.3, -0.25) is 4.79 Å². The lowest BCUT2D eigenvalue weighted by molar-refractivity contribution is -0.139. The summed E-state index contributed by atoms with van der Waals surface area (Å²) in [6, 6.07) is 9.11. The van der Waals surface area contributed by atoms with Crippen LogP contribution in [-0.2, 0) is 16.0 Å². The van der Waals surface area contributed by atoms with Gasteiger partial charge in [-0.2, -0.15) is 0 Å². The minimum Gasteiger partial charge on any atom is -0.493 e. The largest absolute Gasteiger partial charge is 0.493 e. The molecule has 0 spiro atoms. The molecule has 1 aliphatic rings. The molecule has 1 heterocycles. The number of carbonyl (C=O) groups is 1. The molecule has 7 nitrogen and oxygen atoms in total. The molecule has 0 N–H and O–H groups in total. The Morgan fingerprint density at radius 3 is 2.58 bits per heavy atom. The molecule has 0 aliphatic carbocycles. The number of carbonyl (C=O) groups excluding carboxylic acids is 1. The topological polar surface area (TPSA) is 66.5 Å². The van der Waals surface area contributed by atoms with Crippen LogP contribution in [0.4, 0.5) is 0 Å². The van der Waals surface area contributed by atoms with E-state index >= 15 is 0 Å². The van der Waals surface area contributed by atoms with E-state index < -0.39 is 0 Å². The molecule has 1 atom stereocenters. The van der Waals surface area contributed by atoms with Crippen LogP contribution in [-0.4, -0.2) is 64.5 Å². The molecule has 31 heavy (non-hydrogen) atoms. The van der Waals surface area contributed by atoms with Crippen LogP contribution in [0.2, 0.25) is 5.02 Å². The predicted octanol–water partition coefficient (Wildman–Crippen LogP) is 3.52. The number of benzene rings is 2. The molecule has 0 aromatic heterocycles. The van der Waals surface area contributed by atoms with Crippen molar-refractivity contribution in [2.75, 3.05) is 47.6 Å². The molecule has 0 bridgehead atoms. The molecule has 1 saturated heterocycles. The number of morpholine rings is 1. The van der Waals surface area contributed by atoms with Gasteiger partial charge in [0.2, 0.25) is 11.7 Å². The standard InChI is InChI=1S/C23H28ClNO6/c1-15-11-17(6-7-19(15)24)31-14-18-13-25(9-10-30-18)21(26)12-16-5-8-20(27-2)23(29-4)22(16)28-3/h5-8,11,18H,9-10,12-14H2,1-4H3. The quantitative estimate of drug-likeness (QED) is 0.614. The lowest BCUT2D eigenvalue weighted by Gasteiger charge is -2.33. The van der Waals surface area contributed by atoms with Gasteiger partial charge in [0.25, 0.3) is 0 Å². The fraction of sp³-hybridized carbons (Fsp3) is 0.435. The average Bonchev–Trinajstić information content (AvgIpc) is 2.79. The summed E-state index contributed by atoms with van der Waals surface area (Å²) in [6.07, 6.45) is -0.0194. The minimum atomic E-state index is -0.207. The van der Waals surface area contributed by atoms with Crippen LogP contribution >= 0.6 is 11.6 Å². The zero-order valence-corrected chi connectivity index (χ0v) is 19.0. The summed E-state index contributed by atoms with van der Waals surface area (Å²) in [6.45, 7) is 3.73. The van der Waals surface area contributed by atoms with Gasteiger partial charge in [0.15, 0.2) is 11.5 Å². The number of halogens is 1. The summed E-state index contributed by atoms with van der Waals surface area (Å²) in [4.78, 5) is 14.8. The van der Waals surface area contributed by atoms with Gasteiger partial charge in [-0.05, 0) is 36.8 Å². The number of aryl methyl sites for hydroxylation is 1. The highest BCUT2D eigenvalue weighted by Crippen LogP contribution is 2.40. The monoisotopic (exact) mass is 449 g/mol. The molecular weight excluding hydrogens is 422 g/mol. The van der Waals surface area contributed by atoms with Gasteiger partial charge in [-0.25, -0.2) is 0 Å². The van der Waals surface area contributed by atoms with E-state index in [4.69, 9.17) is 35.3 Å². The van der Waals surface area contributed by atoms with Crippen LogP contribution in [0.3, 0.4) is 0 Å². The third kappa shape index (κ3) is 5.54. The third-order valence-corrected chi connectivity index (χ3v) is 5.61. The Kier molecular flexibility index (Phi) is 7.87. The van der Waals surface area contributed by atoms with Crippen LogP contribution in [0.1, 0.15) is 11.1 Å². The van der Waals surface area contributed by atoms with E-state index in [-0.39, 0.29) is 18.4 Å². The molecule has 2 aromatic carbocycles.